The van der Waals surface area contributed by atoms with Gasteiger partial charge in [-0.25, -0.2) is 0 Å². The van der Waals surface area contributed by atoms with Crippen molar-refractivity contribution in [1.29, 1.82) is 0 Å². The zero-order valence-corrected chi connectivity index (χ0v) is 18.7. The van der Waals surface area contributed by atoms with Crippen LogP contribution in [0, 0.1) is 0 Å². The molecule has 31 heavy (non-hydrogen) atoms. The predicted octanol–water partition coefficient (Wildman–Crippen LogP) is 3.28. The molecule has 164 valence electrons. The van der Waals surface area contributed by atoms with Crippen LogP contribution in [0.4, 0.5) is 0 Å². The number of aliphatic hydroxyl groups is 2. The third kappa shape index (κ3) is 5.15. The molecule has 1 atom stereocenters. The average Bonchev–Trinajstić information content (AvgIpc) is 3.02. The molecule has 1 unspecified atom stereocenters. The minimum absolute atomic E-state index is 0.0265. The quantitative estimate of drug-likeness (QED) is 0.243. The van der Waals surface area contributed by atoms with Crippen molar-refractivity contribution in [1.82, 2.24) is 4.90 Å². The second-order valence-electron chi connectivity index (χ2n) is 6.84. The van der Waals surface area contributed by atoms with E-state index >= 15 is 0 Å². The van der Waals surface area contributed by atoms with Crippen LogP contribution in [0.5, 0.6) is 5.75 Å². The number of Topliss-reactive ketones (excluding diaryl/α,β-unsaturated/α-hetero) is 1. The van der Waals surface area contributed by atoms with Gasteiger partial charge in [-0.05, 0) is 36.8 Å². The van der Waals surface area contributed by atoms with Gasteiger partial charge in [0.25, 0.3) is 11.7 Å². The predicted molar refractivity (Wildman–Crippen MR) is 119 cm³/mol. The number of halogens is 1. The van der Waals surface area contributed by atoms with Crippen molar-refractivity contribution in [3.8, 4) is 5.75 Å². The lowest BCUT2D eigenvalue weighted by molar-refractivity contribution is -0.140. The number of ketones is 1. The summed E-state index contributed by atoms with van der Waals surface area (Å²) in [6, 6.07) is 13.2. The van der Waals surface area contributed by atoms with Crippen LogP contribution >= 0.6 is 15.9 Å². The van der Waals surface area contributed by atoms with E-state index in [0.717, 1.165) is 4.47 Å². The molecule has 1 aliphatic heterocycles. The van der Waals surface area contributed by atoms with Gasteiger partial charge in [0, 0.05) is 16.6 Å². The monoisotopic (exact) mass is 489 g/mol. The highest BCUT2D eigenvalue weighted by molar-refractivity contribution is 9.10. The molecule has 7 nitrogen and oxygen atoms in total. The number of nitrogens with zero attached hydrogens (tertiary/aromatic N) is 1. The minimum Gasteiger partial charge on any atom is -0.507 e. The molecule has 0 spiro atoms. The first-order valence-corrected chi connectivity index (χ1v) is 10.7. The highest BCUT2D eigenvalue weighted by Crippen LogP contribution is 2.39. The SMILES string of the molecule is CCOc1ccc(C2C(=C(O)c3ccc(Br)cc3)C(=O)C(=O)N2CCOCCO)cc1. The molecular formula is C23H24BrNO6. The molecule has 1 aliphatic rings. The Morgan fingerprint density at radius 3 is 2.35 bits per heavy atom. The number of rotatable bonds is 9. The van der Waals surface area contributed by atoms with E-state index in [9.17, 15) is 14.7 Å². The van der Waals surface area contributed by atoms with Crippen molar-refractivity contribution in [3.05, 3.63) is 69.7 Å². The second-order valence-corrected chi connectivity index (χ2v) is 7.75. The maximum atomic E-state index is 12.9. The Bertz CT molecular complexity index is 955. The largest absolute Gasteiger partial charge is 0.507 e. The van der Waals surface area contributed by atoms with Gasteiger partial charge in [0.2, 0.25) is 0 Å². The first-order chi connectivity index (χ1) is 15.0. The highest BCUT2D eigenvalue weighted by Gasteiger charge is 2.45. The topological polar surface area (TPSA) is 96.3 Å². The lowest BCUT2D eigenvalue weighted by atomic mass is 9.95. The van der Waals surface area contributed by atoms with Crippen molar-refractivity contribution in [2.24, 2.45) is 0 Å². The van der Waals surface area contributed by atoms with E-state index < -0.39 is 17.7 Å². The van der Waals surface area contributed by atoms with Crippen molar-refractivity contribution < 1.29 is 29.3 Å². The van der Waals surface area contributed by atoms with Crippen LogP contribution in [-0.2, 0) is 14.3 Å². The molecule has 8 heteroatoms. The summed E-state index contributed by atoms with van der Waals surface area (Å²) in [4.78, 5) is 27.1. The Kier molecular flexibility index (Phi) is 7.84. The number of amides is 1. The van der Waals surface area contributed by atoms with Crippen molar-refractivity contribution in [3.63, 3.8) is 0 Å². The van der Waals surface area contributed by atoms with E-state index in [-0.39, 0.29) is 37.7 Å². The van der Waals surface area contributed by atoms with E-state index in [0.29, 0.717) is 23.5 Å². The smallest absolute Gasteiger partial charge is 0.295 e. The van der Waals surface area contributed by atoms with Gasteiger partial charge in [0.15, 0.2) is 0 Å². The molecule has 0 aliphatic carbocycles. The maximum absolute atomic E-state index is 12.9. The minimum atomic E-state index is -0.767. The normalized spacial score (nSPS) is 17.9. The van der Waals surface area contributed by atoms with E-state index in [1.165, 1.54) is 4.90 Å². The Hall–Kier alpha value is -2.68. The van der Waals surface area contributed by atoms with Crippen LogP contribution in [0.1, 0.15) is 24.1 Å². The summed E-state index contributed by atoms with van der Waals surface area (Å²) in [5.41, 5.74) is 1.13. The first-order valence-electron chi connectivity index (χ1n) is 9.93. The first kappa shape index (κ1) is 23.0. The molecule has 2 aromatic carbocycles. The van der Waals surface area contributed by atoms with Crippen LogP contribution in [0.15, 0.2) is 58.6 Å². The second kappa shape index (κ2) is 10.6. The third-order valence-corrected chi connectivity index (χ3v) is 5.41. The molecule has 1 heterocycles. The maximum Gasteiger partial charge on any atom is 0.295 e. The van der Waals surface area contributed by atoms with Crippen LogP contribution in [-0.4, -0.2) is 59.8 Å². The Morgan fingerprint density at radius 1 is 1.06 bits per heavy atom. The molecule has 0 aromatic heterocycles. The average molecular weight is 490 g/mol. The van der Waals surface area contributed by atoms with Gasteiger partial charge in [-0.1, -0.05) is 40.2 Å². The van der Waals surface area contributed by atoms with Crippen LogP contribution in [0.25, 0.3) is 5.76 Å². The van der Waals surface area contributed by atoms with Gasteiger partial charge < -0.3 is 24.6 Å². The number of hydrogen-bond acceptors (Lipinski definition) is 6. The van der Waals surface area contributed by atoms with Crippen molar-refractivity contribution in [2.75, 3.05) is 33.0 Å². The summed E-state index contributed by atoms with van der Waals surface area (Å²) in [6.07, 6.45) is 0. The molecule has 2 N–H and O–H groups in total. The lowest BCUT2D eigenvalue weighted by Gasteiger charge is -2.25. The van der Waals surface area contributed by atoms with E-state index in [1.807, 2.05) is 6.92 Å². The molecule has 3 rings (SSSR count). The molecule has 2 aromatic rings. The molecule has 0 radical (unpaired) electrons. The molecule has 0 bridgehead atoms. The lowest BCUT2D eigenvalue weighted by Crippen LogP contribution is -2.33. The summed E-state index contributed by atoms with van der Waals surface area (Å²) in [6.45, 7) is 2.69. The fraction of sp³-hybridized carbons (Fsp3) is 0.304. The Morgan fingerprint density at radius 2 is 1.74 bits per heavy atom. The van der Waals surface area contributed by atoms with Crippen LogP contribution < -0.4 is 4.74 Å². The summed E-state index contributed by atoms with van der Waals surface area (Å²) in [5.74, 6) is -1.02. The molecule has 1 saturated heterocycles. The van der Waals surface area contributed by atoms with E-state index in [4.69, 9.17) is 14.6 Å². The van der Waals surface area contributed by atoms with Crippen molar-refractivity contribution in [2.45, 2.75) is 13.0 Å². The van der Waals surface area contributed by atoms with E-state index in [2.05, 4.69) is 15.9 Å². The summed E-state index contributed by atoms with van der Waals surface area (Å²) >= 11 is 3.35. The Balaban J connectivity index is 2.03. The standard InChI is InChI=1S/C23H24BrNO6/c1-2-31-18-9-5-15(6-10-18)20-19(21(27)16-3-7-17(24)8-4-16)22(28)23(29)25(20)11-13-30-14-12-26/h3-10,20,26-27H,2,11-14H2,1H3. The number of carbonyl (C=O) groups excluding carboxylic acids is 2. The number of benzene rings is 2. The van der Waals surface area contributed by atoms with E-state index in [1.54, 1.807) is 48.5 Å². The third-order valence-electron chi connectivity index (χ3n) is 4.88. The van der Waals surface area contributed by atoms with Crippen molar-refractivity contribution >= 4 is 33.4 Å². The van der Waals surface area contributed by atoms with Crippen LogP contribution in [0.2, 0.25) is 0 Å². The van der Waals surface area contributed by atoms with Crippen LogP contribution in [0.3, 0.4) is 0 Å². The van der Waals surface area contributed by atoms with Gasteiger partial charge in [-0.3, -0.25) is 9.59 Å². The number of likely N-dealkylation sites (tertiary alicyclic amines) is 1. The van der Waals surface area contributed by atoms with Gasteiger partial charge in [-0.2, -0.15) is 0 Å². The van der Waals surface area contributed by atoms with Gasteiger partial charge in [0.05, 0.1) is 38.0 Å². The summed E-state index contributed by atoms with van der Waals surface area (Å²) < 4.78 is 11.6. The highest BCUT2D eigenvalue weighted by atomic mass is 79.9. The summed E-state index contributed by atoms with van der Waals surface area (Å²) in [5, 5.41) is 19.9. The molecular weight excluding hydrogens is 466 g/mol. The number of aliphatic hydroxyl groups excluding tert-OH is 2. The fourth-order valence-corrected chi connectivity index (χ4v) is 3.73. The van der Waals surface area contributed by atoms with Gasteiger partial charge >= 0.3 is 0 Å². The number of hydrogen-bond donors (Lipinski definition) is 2. The molecule has 1 fully saturated rings. The number of ether oxygens (including phenoxy) is 2. The summed E-state index contributed by atoms with van der Waals surface area (Å²) in [7, 11) is 0. The van der Waals surface area contributed by atoms with Gasteiger partial charge in [-0.15, -0.1) is 0 Å². The zero-order chi connectivity index (χ0) is 22.4. The Labute approximate surface area is 189 Å². The van der Waals surface area contributed by atoms with Gasteiger partial charge in [0.1, 0.15) is 11.5 Å². The fourth-order valence-electron chi connectivity index (χ4n) is 3.46. The number of carbonyl (C=O) groups is 2. The molecule has 0 saturated carbocycles. The molecule has 1 amide bonds. The zero-order valence-electron chi connectivity index (χ0n) is 17.1.